The lowest BCUT2D eigenvalue weighted by atomic mass is 10.0. The first-order chi connectivity index (χ1) is 6.82. The van der Waals surface area contributed by atoms with E-state index in [4.69, 9.17) is 0 Å². The molecule has 1 aliphatic rings. The first-order valence-electron chi connectivity index (χ1n) is 4.38. The van der Waals surface area contributed by atoms with E-state index in [9.17, 15) is 18.3 Å². The largest absolute Gasteiger partial charge is 0.417 e. The number of hydrogen-bond donors (Lipinski definition) is 1. The van der Waals surface area contributed by atoms with E-state index >= 15 is 0 Å². The standard InChI is InChI=1S/C10H8BrF3O/c11-8-2-1-6-4-9(15,10(12,13)14)5-7(6)3-8/h1-3,15H,4-5H2/t9-/m1/s1. The van der Waals surface area contributed by atoms with E-state index in [-0.39, 0.29) is 12.8 Å². The summed E-state index contributed by atoms with van der Waals surface area (Å²) in [5.74, 6) is 0. The summed E-state index contributed by atoms with van der Waals surface area (Å²) < 4.78 is 38.4. The quantitative estimate of drug-likeness (QED) is 0.775. The highest BCUT2D eigenvalue weighted by Crippen LogP contribution is 2.42. The fourth-order valence-electron chi connectivity index (χ4n) is 1.82. The average Bonchev–Trinajstić information content (AvgIpc) is 2.40. The zero-order valence-electron chi connectivity index (χ0n) is 7.61. The maximum absolute atomic E-state index is 12.5. The molecule has 0 aromatic heterocycles. The lowest BCUT2D eigenvalue weighted by Crippen LogP contribution is -2.45. The van der Waals surface area contributed by atoms with Gasteiger partial charge in [-0.2, -0.15) is 13.2 Å². The number of benzene rings is 1. The Bertz CT molecular complexity index is 402. The van der Waals surface area contributed by atoms with Crippen LogP contribution in [-0.4, -0.2) is 16.9 Å². The molecular weight excluding hydrogens is 273 g/mol. The number of hydrogen-bond acceptors (Lipinski definition) is 1. The molecule has 1 aromatic rings. The van der Waals surface area contributed by atoms with Gasteiger partial charge in [0.1, 0.15) is 0 Å². The maximum atomic E-state index is 12.5. The van der Waals surface area contributed by atoms with Crippen molar-refractivity contribution in [1.29, 1.82) is 0 Å². The van der Waals surface area contributed by atoms with E-state index < -0.39 is 11.8 Å². The Hall–Kier alpha value is -0.550. The van der Waals surface area contributed by atoms with Gasteiger partial charge in [0, 0.05) is 17.3 Å². The van der Waals surface area contributed by atoms with Gasteiger partial charge in [0.25, 0.3) is 0 Å². The lowest BCUT2D eigenvalue weighted by Gasteiger charge is -2.25. The van der Waals surface area contributed by atoms with E-state index in [2.05, 4.69) is 15.9 Å². The molecule has 82 valence electrons. The van der Waals surface area contributed by atoms with Crippen LogP contribution in [0.5, 0.6) is 0 Å². The van der Waals surface area contributed by atoms with Crippen LogP contribution in [0, 0.1) is 0 Å². The summed E-state index contributed by atoms with van der Waals surface area (Å²) in [6.45, 7) is 0. The van der Waals surface area contributed by atoms with Gasteiger partial charge in [0.2, 0.25) is 0 Å². The predicted molar refractivity (Wildman–Crippen MR) is 52.6 cm³/mol. The van der Waals surface area contributed by atoms with Gasteiger partial charge in [-0.05, 0) is 23.3 Å². The SMILES string of the molecule is O[C@]1(C(F)(F)F)Cc2ccc(Br)cc2C1. The van der Waals surface area contributed by atoms with Crippen LogP contribution in [0.3, 0.4) is 0 Å². The highest BCUT2D eigenvalue weighted by Gasteiger charge is 2.56. The number of fused-ring (bicyclic) bond motifs is 1. The Labute approximate surface area is 93.0 Å². The molecule has 0 saturated heterocycles. The van der Waals surface area contributed by atoms with Crippen LogP contribution >= 0.6 is 15.9 Å². The Balaban J connectivity index is 2.37. The molecule has 2 rings (SSSR count). The van der Waals surface area contributed by atoms with E-state index in [1.54, 1.807) is 18.2 Å². The molecule has 0 unspecified atom stereocenters. The summed E-state index contributed by atoms with van der Waals surface area (Å²) in [6.07, 6.45) is -5.27. The first kappa shape index (κ1) is 11.0. The van der Waals surface area contributed by atoms with Gasteiger partial charge in [-0.3, -0.25) is 0 Å². The molecule has 0 fully saturated rings. The Morgan fingerprint density at radius 2 is 1.80 bits per heavy atom. The zero-order valence-corrected chi connectivity index (χ0v) is 9.19. The fourth-order valence-corrected chi connectivity index (χ4v) is 2.23. The highest BCUT2D eigenvalue weighted by molar-refractivity contribution is 9.10. The summed E-state index contributed by atoms with van der Waals surface area (Å²) in [5, 5.41) is 9.50. The van der Waals surface area contributed by atoms with Crippen LogP contribution in [0.4, 0.5) is 13.2 Å². The van der Waals surface area contributed by atoms with Gasteiger partial charge < -0.3 is 5.11 Å². The summed E-state index contributed by atoms with van der Waals surface area (Å²) in [4.78, 5) is 0. The molecular formula is C10H8BrF3O. The summed E-state index contributed by atoms with van der Waals surface area (Å²) >= 11 is 3.19. The molecule has 0 heterocycles. The smallest absolute Gasteiger partial charge is 0.380 e. The third-order valence-electron chi connectivity index (χ3n) is 2.66. The monoisotopic (exact) mass is 280 g/mol. The average molecular weight is 281 g/mol. The maximum Gasteiger partial charge on any atom is 0.417 e. The number of aliphatic hydroxyl groups is 1. The van der Waals surface area contributed by atoms with Crippen molar-refractivity contribution in [3.8, 4) is 0 Å². The van der Waals surface area contributed by atoms with Gasteiger partial charge in [-0.15, -0.1) is 0 Å². The second-order valence-corrected chi connectivity index (χ2v) is 4.71. The van der Waals surface area contributed by atoms with Crippen molar-refractivity contribution < 1.29 is 18.3 Å². The minimum atomic E-state index is -4.57. The minimum absolute atomic E-state index is 0.348. The molecule has 1 atom stereocenters. The van der Waals surface area contributed by atoms with Crippen molar-refractivity contribution in [2.24, 2.45) is 0 Å². The first-order valence-corrected chi connectivity index (χ1v) is 5.17. The van der Waals surface area contributed by atoms with Crippen LogP contribution in [0.25, 0.3) is 0 Å². The lowest BCUT2D eigenvalue weighted by molar-refractivity contribution is -0.255. The van der Waals surface area contributed by atoms with Crippen LogP contribution in [-0.2, 0) is 12.8 Å². The van der Waals surface area contributed by atoms with E-state index in [1.165, 1.54) is 0 Å². The number of alkyl halides is 3. The van der Waals surface area contributed by atoms with Gasteiger partial charge >= 0.3 is 6.18 Å². The molecule has 1 aromatic carbocycles. The van der Waals surface area contributed by atoms with Crippen molar-refractivity contribution in [3.05, 3.63) is 33.8 Å². The molecule has 5 heteroatoms. The normalized spacial score (nSPS) is 25.4. The van der Waals surface area contributed by atoms with Crippen LogP contribution in [0.15, 0.2) is 22.7 Å². The fraction of sp³-hybridized carbons (Fsp3) is 0.400. The van der Waals surface area contributed by atoms with Crippen molar-refractivity contribution in [2.75, 3.05) is 0 Å². The van der Waals surface area contributed by atoms with Crippen LogP contribution < -0.4 is 0 Å². The second kappa shape index (κ2) is 3.22. The third kappa shape index (κ3) is 1.78. The van der Waals surface area contributed by atoms with Crippen molar-refractivity contribution >= 4 is 15.9 Å². The predicted octanol–water partition coefficient (Wildman–Crippen LogP) is 2.84. The van der Waals surface area contributed by atoms with Crippen LogP contribution in [0.2, 0.25) is 0 Å². The molecule has 1 nitrogen and oxygen atoms in total. The highest BCUT2D eigenvalue weighted by atomic mass is 79.9. The topological polar surface area (TPSA) is 20.2 Å². The molecule has 0 saturated carbocycles. The summed E-state index contributed by atoms with van der Waals surface area (Å²) in [7, 11) is 0. The minimum Gasteiger partial charge on any atom is -0.380 e. The number of halogens is 4. The molecule has 15 heavy (non-hydrogen) atoms. The molecule has 0 aliphatic heterocycles. The van der Waals surface area contributed by atoms with Crippen molar-refractivity contribution in [1.82, 2.24) is 0 Å². The summed E-state index contributed by atoms with van der Waals surface area (Å²) in [6, 6.07) is 4.92. The molecule has 0 radical (unpaired) electrons. The number of rotatable bonds is 0. The molecule has 0 amide bonds. The third-order valence-corrected chi connectivity index (χ3v) is 3.16. The Kier molecular flexibility index (Phi) is 2.35. The molecule has 0 spiro atoms. The van der Waals surface area contributed by atoms with E-state index in [1.807, 2.05) is 0 Å². The van der Waals surface area contributed by atoms with Gasteiger partial charge in [0.05, 0.1) is 0 Å². The van der Waals surface area contributed by atoms with Gasteiger partial charge in [-0.25, -0.2) is 0 Å². The van der Waals surface area contributed by atoms with Crippen molar-refractivity contribution in [2.45, 2.75) is 24.6 Å². The molecule has 1 aliphatic carbocycles. The van der Waals surface area contributed by atoms with E-state index in [0.29, 0.717) is 11.1 Å². The van der Waals surface area contributed by atoms with Gasteiger partial charge in [0.15, 0.2) is 5.60 Å². The van der Waals surface area contributed by atoms with Crippen molar-refractivity contribution in [3.63, 3.8) is 0 Å². The molecule has 1 N–H and O–H groups in total. The zero-order chi connectivity index (χ0) is 11.3. The van der Waals surface area contributed by atoms with Gasteiger partial charge in [-0.1, -0.05) is 22.0 Å². The summed E-state index contributed by atoms with van der Waals surface area (Å²) in [5.41, 5.74) is -1.46. The second-order valence-electron chi connectivity index (χ2n) is 3.80. The Morgan fingerprint density at radius 1 is 1.20 bits per heavy atom. The Morgan fingerprint density at radius 3 is 2.40 bits per heavy atom. The van der Waals surface area contributed by atoms with E-state index in [0.717, 1.165) is 4.47 Å². The molecule has 0 bridgehead atoms. The van der Waals surface area contributed by atoms with Crippen LogP contribution in [0.1, 0.15) is 11.1 Å².